The maximum atomic E-state index is 9.12. The van der Waals surface area contributed by atoms with E-state index in [1.54, 1.807) is 18.9 Å². The molecule has 0 aliphatic carbocycles. The highest BCUT2D eigenvalue weighted by Crippen LogP contribution is 2.25. The Hall–Kier alpha value is -1.28. The molecule has 0 aliphatic rings. The maximum Gasteiger partial charge on any atom is 0.195 e. The Bertz CT molecular complexity index is 577. The second kappa shape index (κ2) is 8.99. The van der Waals surface area contributed by atoms with Crippen molar-refractivity contribution in [1.29, 1.82) is 0 Å². The van der Waals surface area contributed by atoms with Crippen LogP contribution in [-0.2, 0) is 6.54 Å². The average molecular weight is 345 g/mol. The molecule has 0 bridgehead atoms. The van der Waals surface area contributed by atoms with Crippen LogP contribution >= 0.6 is 24.2 Å². The predicted molar refractivity (Wildman–Crippen MR) is 90.0 cm³/mol. The number of ether oxygens (including phenoxy) is 1. The van der Waals surface area contributed by atoms with E-state index in [0.29, 0.717) is 12.4 Å². The van der Waals surface area contributed by atoms with E-state index in [2.05, 4.69) is 10.2 Å². The largest absolute Gasteiger partial charge is 0.497 e. The summed E-state index contributed by atoms with van der Waals surface area (Å²) >= 11 is 1.56. The van der Waals surface area contributed by atoms with Crippen molar-refractivity contribution in [2.75, 3.05) is 19.5 Å². The first-order valence-corrected chi connectivity index (χ1v) is 7.70. The van der Waals surface area contributed by atoms with Crippen molar-refractivity contribution in [3.05, 3.63) is 30.1 Å². The van der Waals surface area contributed by atoms with Gasteiger partial charge in [0.1, 0.15) is 5.75 Å². The molecule has 8 heteroatoms. The summed E-state index contributed by atoms with van der Waals surface area (Å²) in [5, 5.41) is 18.2. The summed E-state index contributed by atoms with van der Waals surface area (Å²) in [5.41, 5.74) is 6.69. The van der Waals surface area contributed by atoms with E-state index in [1.807, 2.05) is 35.8 Å². The molecule has 0 amide bonds. The molecule has 0 saturated carbocycles. The molecule has 1 atom stereocenters. The van der Waals surface area contributed by atoms with Gasteiger partial charge in [-0.15, -0.1) is 22.6 Å². The smallest absolute Gasteiger partial charge is 0.195 e. The van der Waals surface area contributed by atoms with Crippen molar-refractivity contribution >= 4 is 24.2 Å². The summed E-state index contributed by atoms with van der Waals surface area (Å²) < 4.78 is 7.11. The van der Waals surface area contributed by atoms with Gasteiger partial charge in [0.25, 0.3) is 0 Å². The van der Waals surface area contributed by atoms with Crippen LogP contribution in [0.1, 0.15) is 12.7 Å². The van der Waals surface area contributed by atoms with E-state index in [4.69, 9.17) is 15.6 Å². The summed E-state index contributed by atoms with van der Waals surface area (Å²) in [4.78, 5) is 0. The number of nitrogens with zero attached hydrogens (tertiary/aromatic N) is 3. The lowest BCUT2D eigenvalue weighted by Crippen LogP contribution is -2.09. The quantitative estimate of drug-likeness (QED) is 0.746. The Kier molecular flexibility index (Phi) is 7.67. The number of thioether (sulfide) groups is 1. The number of halogens is 1. The second-order valence-electron chi connectivity index (χ2n) is 4.74. The van der Waals surface area contributed by atoms with E-state index in [1.165, 1.54) is 0 Å². The summed E-state index contributed by atoms with van der Waals surface area (Å²) in [6, 6.07) is 7.67. The van der Waals surface area contributed by atoms with Crippen molar-refractivity contribution in [1.82, 2.24) is 14.8 Å². The minimum absolute atomic E-state index is 0. The van der Waals surface area contributed by atoms with Gasteiger partial charge in [-0.2, -0.15) is 0 Å². The molecule has 6 nitrogen and oxygen atoms in total. The van der Waals surface area contributed by atoms with Crippen molar-refractivity contribution in [3.8, 4) is 11.4 Å². The minimum atomic E-state index is 0. The molecule has 0 fully saturated rings. The highest BCUT2D eigenvalue weighted by molar-refractivity contribution is 7.99. The minimum Gasteiger partial charge on any atom is -0.497 e. The van der Waals surface area contributed by atoms with Gasteiger partial charge in [-0.25, -0.2) is 0 Å². The number of aliphatic hydroxyl groups excluding tert-OH is 1. The molecule has 1 aromatic heterocycles. The molecule has 0 saturated heterocycles. The molecule has 1 aromatic carbocycles. The summed E-state index contributed by atoms with van der Waals surface area (Å²) in [6.45, 7) is 2.47. The topological polar surface area (TPSA) is 86.2 Å². The van der Waals surface area contributed by atoms with Gasteiger partial charge in [0, 0.05) is 18.0 Å². The first-order valence-electron chi connectivity index (χ1n) is 6.72. The zero-order valence-corrected chi connectivity index (χ0v) is 14.2. The van der Waals surface area contributed by atoms with Crippen LogP contribution in [0.25, 0.3) is 5.69 Å². The number of rotatable bonds is 7. The summed E-state index contributed by atoms with van der Waals surface area (Å²) in [5.74, 6) is 2.48. The molecule has 3 N–H and O–H groups in total. The fraction of sp³-hybridized carbons (Fsp3) is 0.429. The third kappa shape index (κ3) is 4.36. The molecule has 0 spiro atoms. The highest BCUT2D eigenvalue weighted by atomic mass is 35.5. The Morgan fingerprint density at radius 1 is 1.32 bits per heavy atom. The number of benzene rings is 1. The van der Waals surface area contributed by atoms with Crippen LogP contribution in [-0.4, -0.2) is 39.3 Å². The molecule has 2 aromatic rings. The number of hydrogen-bond donors (Lipinski definition) is 2. The first-order chi connectivity index (χ1) is 10.2. The fourth-order valence-electron chi connectivity index (χ4n) is 1.79. The molecule has 0 aliphatic heterocycles. The molecule has 22 heavy (non-hydrogen) atoms. The first kappa shape index (κ1) is 18.8. The number of aromatic nitrogens is 3. The summed E-state index contributed by atoms with van der Waals surface area (Å²) in [7, 11) is 1.64. The van der Waals surface area contributed by atoms with Crippen molar-refractivity contribution in [3.63, 3.8) is 0 Å². The molecule has 0 radical (unpaired) electrons. The van der Waals surface area contributed by atoms with Crippen molar-refractivity contribution in [2.24, 2.45) is 11.7 Å². The average Bonchev–Trinajstić information content (AvgIpc) is 2.95. The molecule has 2 rings (SSSR count). The fourth-order valence-corrected chi connectivity index (χ4v) is 2.76. The lowest BCUT2D eigenvalue weighted by atomic mass is 10.2. The maximum absolute atomic E-state index is 9.12. The second-order valence-corrected chi connectivity index (χ2v) is 5.72. The predicted octanol–water partition coefficient (Wildman–Crippen LogP) is 1.88. The molecular weight excluding hydrogens is 324 g/mol. The van der Waals surface area contributed by atoms with Gasteiger partial charge in [0.05, 0.1) is 13.7 Å². The van der Waals surface area contributed by atoms with Gasteiger partial charge in [-0.3, -0.25) is 4.57 Å². The number of methoxy groups -OCH3 is 1. The van der Waals surface area contributed by atoms with Crippen LogP contribution in [0.15, 0.2) is 29.4 Å². The number of nitrogens with two attached hydrogens (primary N) is 1. The van der Waals surface area contributed by atoms with Crippen molar-refractivity contribution < 1.29 is 9.84 Å². The zero-order valence-electron chi connectivity index (χ0n) is 12.6. The standard InChI is InChI=1S/C14H20N4O2S.ClH/c1-10(8-19)9-21-14-17-16-13(7-15)18(14)11-3-5-12(20-2)6-4-11;/h3-6,10,19H,7-9,15H2,1-2H3;1H/t10-;/m1./s1. The third-order valence-corrected chi connectivity index (χ3v) is 4.28. The van der Waals surface area contributed by atoms with Crippen LogP contribution in [0, 0.1) is 5.92 Å². The van der Waals surface area contributed by atoms with E-state index in [9.17, 15) is 0 Å². The van der Waals surface area contributed by atoms with E-state index < -0.39 is 0 Å². The zero-order chi connectivity index (χ0) is 15.2. The number of aliphatic hydroxyl groups is 1. The lowest BCUT2D eigenvalue weighted by molar-refractivity contribution is 0.250. The Morgan fingerprint density at radius 2 is 2.00 bits per heavy atom. The monoisotopic (exact) mass is 344 g/mol. The highest BCUT2D eigenvalue weighted by Gasteiger charge is 2.14. The van der Waals surface area contributed by atoms with E-state index >= 15 is 0 Å². The van der Waals surface area contributed by atoms with Crippen LogP contribution in [0.5, 0.6) is 5.75 Å². The van der Waals surface area contributed by atoms with E-state index in [0.717, 1.165) is 22.3 Å². The Balaban J connectivity index is 0.00000242. The third-order valence-electron chi connectivity index (χ3n) is 3.02. The van der Waals surface area contributed by atoms with Crippen molar-refractivity contribution in [2.45, 2.75) is 18.6 Å². The summed E-state index contributed by atoms with van der Waals surface area (Å²) in [6.07, 6.45) is 0. The van der Waals surface area contributed by atoms with Crippen LogP contribution in [0.2, 0.25) is 0 Å². The van der Waals surface area contributed by atoms with Gasteiger partial charge in [-0.1, -0.05) is 18.7 Å². The molecular formula is C14H21ClN4O2S. The molecule has 1 heterocycles. The van der Waals surface area contributed by atoms with Crippen LogP contribution in [0.4, 0.5) is 0 Å². The van der Waals surface area contributed by atoms with Gasteiger partial charge in [0.15, 0.2) is 11.0 Å². The lowest BCUT2D eigenvalue weighted by Gasteiger charge is -2.11. The Labute approximate surface area is 140 Å². The molecule has 122 valence electrons. The van der Waals surface area contributed by atoms with Gasteiger partial charge in [0.2, 0.25) is 0 Å². The van der Waals surface area contributed by atoms with E-state index in [-0.39, 0.29) is 24.9 Å². The normalized spacial score (nSPS) is 11.8. The van der Waals surface area contributed by atoms with Gasteiger partial charge in [-0.05, 0) is 30.2 Å². The number of hydrogen-bond acceptors (Lipinski definition) is 6. The van der Waals surface area contributed by atoms with Gasteiger partial charge < -0.3 is 15.6 Å². The Morgan fingerprint density at radius 3 is 2.55 bits per heavy atom. The van der Waals surface area contributed by atoms with Crippen LogP contribution in [0.3, 0.4) is 0 Å². The molecule has 0 unspecified atom stereocenters. The SMILES string of the molecule is COc1ccc(-n2c(CN)nnc2SC[C@H](C)CO)cc1.Cl. The van der Waals surface area contributed by atoms with Gasteiger partial charge >= 0.3 is 0 Å². The van der Waals surface area contributed by atoms with Crippen LogP contribution < -0.4 is 10.5 Å².